The maximum atomic E-state index is 15.6. The lowest BCUT2D eigenvalue weighted by atomic mass is 9.98. The molecule has 0 saturated carbocycles. The SMILES string of the molecule is Cc1cccc(-c2ncc(NC(=O)OCc3ccccc3)c(=O)n2CC(=O)NC(Cc2ccccc2)C(=O)C(F)(F)C(=O)Nc2cccc(C(=O)O)c2)c1. The molecule has 4 aromatic carbocycles. The molecule has 0 fully saturated rings. The number of rotatable bonds is 14. The summed E-state index contributed by atoms with van der Waals surface area (Å²) in [5.41, 5.74) is 0.389. The van der Waals surface area contributed by atoms with E-state index in [1.165, 1.54) is 24.3 Å². The number of amides is 3. The highest BCUT2D eigenvalue weighted by Crippen LogP contribution is 2.23. The summed E-state index contributed by atoms with van der Waals surface area (Å²) < 4.78 is 37.3. The van der Waals surface area contributed by atoms with Crippen LogP contribution in [0.2, 0.25) is 0 Å². The number of alkyl halides is 2. The smallest absolute Gasteiger partial charge is 0.412 e. The molecule has 0 aliphatic heterocycles. The van der Waals surface area contributed by atoms with Crippen LogP contribution in [0.4, 0.5) is 25.0 Å². The average Bonchev–Trinajstić information content (AvgIpc) is 3.16. The van der Waals surface area contributed by atoms with Gasteiger partial charge in [0.05, 0.1) is 17.8 Å². The van der Waals surface area contributed by atoms with Gasteiger partial charge in [0.2, 0.25) is 11.7 Å². The number of nitrogens with zero attached hydrogens (tertiary/aromatic N) is 2. The van der Waals surface area contributed by atoms with Crippen LogP contribution in [0.5, 0.6) is 0 Å². The predicted octanol–water partition coefficient (Wildman–Crippen LogP) is 5.24. The molecule has 0 aliphatic carbocycles. The molecule has 3 amide bonds. The standard InChI is InChI=1S/C39H33F2N5O8/c1-24-10-8-15-27(18-24)34-42-21-31(45-38(53)54-23-26-13-6-3-7-14-26)35(49)46(34)22-32(47)44-30(19-25-11-4-2-5-12-25)33(48)39(40,41)37(52)43-29-17-9-16-28(20-29)36(50)51/h2-18,20-21,30H,19,22-23H2,1H3,(H,43,52)(H,44,47)(H,45,53)(H,50,51). The summed E-state index contributed by atoms with van der Waals surface area (Å²) in [7, 11) is 0. The van der Waals surface area contributed by atoms with Gasteiger partial charge in [-0.3, -0.25) is 29.1 Å². The number of ketones is 1. The molecule has 5 rings (SSSR count). The third-order valence-electron chi connectivity index (χ3n) is 7.97. The van der Waals surface area contributed by atoms with E-state index in [9.17, 15) is 33.9 Å². The fraction of sp³-hybridized carbons (Fsp3) is 0.154. The normalized spacial score (nSPS) is 11.5. The summed E-state index contributed by atoms with van der Waals surface area (Å²) in [6, 6.07) is 25.9. The first-order chi connectivity index (χ1) is 25.8. The number of hydrogen-bond donors (Lipinski definition) is 4. The van der Waals surface area contributed by atoms with Crippen LogP contribution in [0, 0.1) is 6.92 Å². The second kappa shape index (κ2) is 17.0. The molecule has 54 heavy (non-hydrogen) atoms. The summed E-state index contributed by atoms with van der Waals surface area (Å²) in [6.45, 7) is 0.838. The number of aromatic carboxylic acids is 1. The first-order valence-electron chi connectivity index (χ1n) is 16.4. The lowest BCUT2D eigenvalue weighted by Crippen LogP contribution is -2.54. The van der Waals surface area contributed by atoms with Crippen LogP contribution in [0.3, 0.4) is 0 Å². The molecule has 0 bridgehead atoms. The zero-order valence-electron chi connectivity index (χ0n) is 28.6. The number of ether oxygens (including phenoxy) is 1. The summed E-state index contributed by atoms with van der Waals surface area (Å²) >= 11 is 0. The van der Waals surface area contributed by atoms with E-state index < -0.39 is 60.1 Å². The summed E-state index contributed by atoms with van der Waals surface area (Å²) in [5, 5.41) is 15.7. The van der Waals surface area contributed by atoms with Gasteiger partial charge in [0.1, 0.15) is 24.7 Å². The summed E-state index contributed by atoms with van der Waals surface area (Å²) in [4.78, 5) is 81.9. The van der Waals surface area contributed by atoms with Crippen molar-refractivity contribution in [2.45, 2.75) is 38.5 Å². The van der Waals surface area contributed by atoms with Crippen LogP contribution in [-0.4, -0.2) is 56.3 Å². The molecule has 1 heterocycles. The number of carbonyl (C=O) groups is 5. The van der Waals surface area contributed by atoms with Gasteiger partial charge in [0.15, 0.2) is 0 Å². The van der Waals surface area contributed by atoms with Crippen molar-refractivity contribution in [3.8, 4) is 11.4 Å². The molecular formula is C39H33F2N5O8. The van der Waals surface area contributed by atoms with E-state index in [0.717, 1.165) is 28.5 Å². The highest BCUT2D eigenvalue weighted by atomic mass is 19.3. The van der Waals surface area contributed by atoms with Crippen molar-refractivity contribution in [3.63, 3.8) is 0 Å². The second-order valence-electron chi connectivity index (χ2n) is 12.0. The molecular weight excluding hydrogens is 704 g/mol. The highest BCUT2D eigenvalue weighted by Gasteiger charge is 2.50. The van der Waals surface area contributed by atoms with E-state index in [4.69, 9.17) is 4.74 Å². The molecule has 0 aliphatic rings. The van der Waals surface area contributed by atoms with Crippen LogP contribution >= 0.6 is 0 Å². The van der Waals surface area contributed by atoms with E-state index in [1.54, 1.807) is 79.7 Å². The van der Waals surface area contributed by atoms with Crippen molar-refractivity contribution in [3.05, 3.63) is 148 Å². The van der Waals surface area contributed by atoms with Crippen LogP contribution in [0.15, 0.2) is 120 Å². The minimum Gasteiger partial charge on any atom is -0.478 e. The quantitative estimate of drug-likeness (QED) is 0.111. The Kier molecular flexibility index (Phi) is 12.0. The van der Waals surface area contributed by atoms with E-state index in [-0.39, 0.29) is 29.4 Å². The molecule has 15 heteroatoms. The Balaban J connectivity index is 1.42. The van der Waals surface area contributed by atoms with Crippen LogP contribution in [-0.2, 0) is 38.7 Å². The van der Waals surface area contributed by atoms with Crippen LogP contribution in [0.1, 0.15) is 27.0 Å². The molecule has 1 atom stereocenters. The second-order valence-corrected chi connectivity index (χ2v) is 12.0. The lowest BCUT2D eigenvalue weighted by molar-refractivity contribution is -0.157. The fourth-order valence-electron chi connectivity index (χ4n) is 5.32. The van der Waals surface area contributed by atoms with Crippen LogP contribution in [0.25, 0.3) is 11.4 Å². The number of halogens is 2. The van der Waals surface area contributed by atoms with Gasteiger partial charge in [0, 0.05) is 17.7 Å². The van der Waals surface area contributed by atoms with Crippen molar-refractivity contribution in [2.75, 3.05) is 10.6 Å². The van der Waals surface area contributed by atoms with Gasteiger partial charge < -0.3 is 20.5 Å². The minimum atomic E-state index is -4.71. The third kappa shape index (κ3) is 9.64. The minimum absolute atomic E-state index is 0.0127. The Morgan fingerprint density at radius 1 is 0.852 bits per heavy atom. The molecule has 1 unspecified atom stereocenters. The number of hydrogen-bond acceptors (Lipinski definition) is 8. The molecule has 4 N–H and O–H groups in total. The van der Waals surface area contributed by atoms with Gasteiger partial charge in [-0.2, -0.15) is 8.78 Å². The molecule has 0 radical (unpaired) electrons. The van der Waals surface area contributed by atoms with E-state index in [0.29, 0.717) is 16.7 Å². The number of nitrogens with one attached hydrogen (secondary N) is 3. The van der Waals surface area contributed by atoms with Gasteiger partial charge in [-0.25, -0.2) is 14.6 Å². The van der Waals surface area contributed by atoms with Gasteiger partial charge >= 0.3 is 23.9 Å². The van der Waals surface area contributed by atoms with E-state index in [1.807, 2.05) is 5.32 Å². The molecule has 13 nitrogen and oxygen atoms in total. The molecule has 276 valence electrons. The number of benzene rings is 4. The van der Waals surface area contributed by atoms with Gasteiger partial charge in [0.25, 0.3) is 5.56 Å². The monoisotopic (exact) mass is 737 g/mol. The third-order valence-corrected chi connectivity index (χ3v) is 7.97. The summed E-state index contributed by atoms with van der Waals surface area (Å²) in [5.74, 6) is -11.2. The first-order valence-corrected chi connectivity index (χ1v) is 16.4. The van der Waals surface area contributed by atoms with E-state index in [2.05, 4.69) is 15.6 Å². The summed E-state index contributed by atoms with van der Waals surface area (Å²) in [6.07, 6.45) is -0.360. The number of carbonyl (C=O) groups excluding carboxylic acids is 4. The maximum absolute atomic E-state index is 15.6. The number of aryl methyl sites for hydroxylation is 1. The number of anilines is 2. The van der Waals surface area contributed by atoms with Crippen LogP contribution < -0.4 is 21.5 Å². The fourth-order valence-corrected chi connectivity index (χ4v) is 5.32. The largest absolute Gasteiger partial charge is 0.478 e. The first kappa shape index (κ1) is 38.2. The maximum Gasteiger partial charge on any atom is 0.412 e. The molecule has 1 aromatic heterocycles. The van der Waals surface area contributed by atoms with Gasteiger partial charge in [-0.1, -0.05) is 90.5 Å². The number of carboxylic acids is 1. The Bertz CT molecular complexity index is 2250. The van der Waals surface area contributed by atoms with Crippen molar-refractivity contribution >= 4 is 41.0 Å². The Hall–Kier alpha value is -7.03. The molecule has 0 saturated heterocycles. The number of Topliss-reactive ketones (excluding diaryl/α,β-unsaturated/α-hetero) is 1. The Labute approximate surface area is 306 Å². The highest BCUT2D eigenvalue weighted by molar-refractivity contribution is 6.15. The van der Waals surface area contributed by atoms with Crippen molar-refractivity contribution in [1.82, 2.24) is 14.9 Å². The average molecular weight is 738 g/mol. The number of aromatic nitrogens is 2. The topological polar surface area (TPSA) is 186 Å². The van der Waals surface area contributed by atoms with Gasteiger partial charge in [-0.15, -0.1) is 0 Å². The zero-order chi connectivity index (χ0) is 38.8. The lowest BCUT2D eigenvalue weighted by Gasteiger charge is -2.23. The predicted molar refractivity (Wildman–Crippen MR) is 193 cm³/mol. The van der Waals surface area contributed by atoms with Gasteiger partial charge in [-0.05, 0) is 42.3 Å². The Morgan fingerprint density at radius 2 is 1.52 bits per heavy atom. The van der Waals surface area contributed by atoms with Crippen molar-refractivity contribution in [1.29, 1.82) is 0 Å². The Morgan fingerprint density at radius 3 is 2.19 bits per heavy atom. The van der Waals surface area contributed by atoms with Crippen molar-refractivity contribution < 1.29 is 42.6 Å². The number of carboxylic acid groups (broad SMARTS) is 1. The van der Waals surface area contributed by atoms with E-state index >= 15 is 8.78 Å². The zero-order valence-corrected chi connectivity index (χ0v) is 28.6. The molecule has 0 spiro atoms. The van der Waals surface area contributed by atoms with Crippen molar-refractivity contribution in [2.24, 2.45) is 0 Å². The molecule has 5 aromatic rings.